The van der Waals surface area contributed by atoms with Crippen molar-refractivity contribution in [3.05, 3.63) is 65.0 Å². The molecule has 1 aromatic heterocycles. The Morgan fingerprint density at radius 2 is 1.92 bits per heavy atom. The molecule has 2 aliphatic carbocycles. The minimum atomic E-state index is -0.735. The Bertz CT molecular complexity index is 1340. The molecule has 37 heavy (non-hydrogen) atoms. The molecule has 2 heterocycles. The van der Waals surface area contributed by atoms with E-state index in [4.69, 9.17) is 9.72 Å². The number of aromatic nitrogens is 2. The van der Waals surface area contributed by atoms with Crippen molar-refractivity contribution in [2.24, 2.45) is 5.41 Å². The van der Waals surface area contributed by atoms with E-state index < -0.39 is 11.5 Å². The largest absolute Gasteiger partial charge is 0.381 e. The molecule has 0 radical (unpaired) electrons. The highest BCUT2D eigenvalue weighted by atomic mass is 16.5. The zero-order valence-electron chi connectivity index (χ0n) is 21.7. The van der Waals surface area contributed by atoms with Crippen molar-refractivity contribution in [3.8, 4) is 0 Å². The summed E-state index contributed by atoms with van der Waals surface area (Å²) in [5.41, 5.74) is 5.49. The smallest absolute Gasteiger partial charge is 0.242 e. The van der Waals surface area contributed by atoms with Crippen LogP contribution in [0.15, 0.2) is 42.5 Å². The molecule has 1 spiro atoms. The SMILES string of the molecule is CCNC(=O)[C@@H](C)NC(=O)C1(c2ccc3nc(C[C@@H]4c5ccccc5CC45CC5)[nH]c3c2)CCOCC1. The van der Waals surface area contributed by atoms with E-state index in [-0.39, 0.29) is 11.8 Å². The molecule has 1 aliphatic heterocycles. The second-order valence-corrected chi connectivity index (χ2v) is 11.2. The van der Waals surface area contributed by atoms with Crippen LogP contribution in [0.5, 0.6) is 0 Å². The minimum absolute atomic E-state index is 0.119. The van der Waals surface area contributed by atoms with Gasteiger partial charge in [-0.2, -0.15) is 0 Å². The van der Waals surface area contributed by atoms with E-state index in [0.29, 0.717) is 43.9 Å². The summed E-state index contributed by atoms with van der Waals surface area (Å²) in [4.78, 5) is 34.5. The zero-order chi connectivity index (χ0) is 25.6. The second-order valence-electron chi connectivity index (χ2n) is 11.2. The number of rotatable bonds is 7. The molecule has 2 amide bonds. The molecular weight excluding hydrogens is 464 g/mol. The van der Waals surface area contributed by atoms with Gasteiger partial charge in [0.15, 0.2) is 0 Å². The van der Waals surface area contributed by atoms with Gasteiger partial charge < -0.3 is 20.4 Å². The van der Waals surface area contributed by atoms with E-state index in [1.165, 1.54) is 30.4 Å². The summed E-state index contributed by atoms with van der Waals surface area (Å²) in [5, 5.41) is 5.76. The summed E-state index contributed by atoms with van der Waals surface area (Å²) >= 11 is 0. The van der Waals surface area contributed by atoms with Crippen molar-refractivity contribution in [3.63, 3.8) is 0 Å². The maximum atomic E-state index is 13.6. The van der Waals surface area contributed by atoms with E-state index in [1.54, 1.807) is 6.92 Å². The highest BCUT2D eigenvalue weighted by molar-refractivity contribution is 5.94. The fourth-order valence-electron chi connectivity index (χ4n) is 6.62. The Morgan fingerprint density at radius 3 is 2.68 bits per heavy atom. The maximum absolute atomic E-state index is 13.6. The predicted molar refractivity (Wildman–Crippen MR) is 142 cm³/mol. The van der Waals surface area contributed by atoms with Gasteiger partial charge in [-0.1, -0.05) is 30.3 Å². The van der Waals surface area contributed by atoms with Crippen molar-refractivity contribution in [1.29, 1.82) is 0 Å². The lowest BCUT2D eigenvalue weighted by Crippen LogP contribution is -2.53. The van der Waals surface area contributed by atoms with Crippen LogP contribution in [0.2, 0.25) is 0 Å². The third-order valence-corrected chi connectivity index (χ3v) is 8.96. The van der Waals surface area contributed by atoms with Gasteiger partial charge in [0.1, 0.15) is 11.9 Å². The highest BCUT2D eigenvalue weighted by Crippen LogP contribution is 2.63. The number of hydrogen-bond acceptors (Lipinski definition) is 4. The third kappa shape index (κ3) is 4.23. The van der Waals surface area contributed by atoms with Crippen LogP contribution in [-0.2, 0) is 32.6 Å². The normalized spacial score (nSPS) is 21.9. The van der Waals surface area contributed by atoms with E-state index in [1.807, 2.05) is 19.1 Å². The number of nitrogens with one attached hydrogen (secondary N) is 3. The van der Waals surface area contributed by atoms with Gasteiger partial charge in [-0.05, 0) is 86.1 Å². The van der Waals surface area contributed by atoms with Crippen LogP contribution in [-0.4, -0.2) is 47.6 Å². The van der Waals surface area contributed by atoms with Gasteiger partial charge in [-0.3, -0.25) is 9.59 Å². The molecule has 2 fully saturated rings. The Kier molecular flexibility index (Phi) is 6.06. The van der Waals surface area contributed by atoms with Crippen LogP contribution in [0.3, 0.4) is 0 Å². The fraction of sp³-hybridized carbons (Fsp3) is 0.500. The molecule has 194 valence electrons. The van der Waals surface area contributed by atoms with Gasteiger partial charge in [0.25, 0.3) is 0 Å². The number of amides is 2. The van der Waals surface area contributed by atoms with Crippen LogP contribution in [0, 0.1) is 5.41 Å². The Morgan fingerprint density at radius 1 is 1.14 bits per heavy atom. The van der Waals surface area contributed by atoms with Crippen LogP contribution in [0.4, 0.5) is 0 Å². The topological polar surface area (TPSA) is 96.1 Å². The number of nitrogens with zero attached hydrogens (tertiary/aromatic N) is 1. The van der Waals surface area contributed by atoms with Crippen molar-refractivity contribution in [1.82, 2.24) is 20.6 Å². The summed E-state index contributed by atoms with van der Waals surface area (Å²) in [6, 6.07) is 14.4. The molecular formula is C30H36N4O3. The van der Waals surface area contributed by atoms with Crippen LogP contribution < -0.4 is 10.6 Å². The second kappa shape index (κ2) is 9.28. The molecule has 2 aromatic carbocycles. The Balaban J connectivity index is 1.28. The number of fused-ring (bicyclic) bond motifs is 2. The number of imidazole rings is 1. The number of ether oxygens (including phenoxy) is 1. The summed E-state index contributed by atoms with van der Waals surface area (Å²) in [6.07, 6.45) is 5.84. The summed E-state index contributed by atoms with van der Waals surface area (Å²) < 4.78 is 5.63. The van der Waals surface area contributed by atoms with Gasteiger partial charge in [-0.25, -0.2) is 4.98 Å². The van der Waals surface area contributed by atoms with Gasteiger partial charge >= 0.3 is 0 Å². The summed E-state index contributed by atoms with van der Waals surface area (Å²) in [5.74, 6) is 1.23. The van der Waals surface area contributed by atoms with Gasteiger partial charge in [-0.15, -0.1) is 0 Å². The number of aromatic amines is 1. The molecule has 1 saturated heterocycles. The monoisotopic (exact) mass is 500 g/mol. The van der Waals surface area contributed by atoms with Gasteiger partial charge in [0.05, 0.1) is 16.4 Å². The Hall–Kier alpha value is -3.19. The summed E-state index contributed by atoms with van der Waals surface area (Å²) in [7, 11) is 0. The number of benzene rings is 2. The molecule has 2 atom stereocenters. The first-order chi connectivity index (χ1) is 17.9. The molecule has 1 saturated carbocycles. The van der Waals surface area contributed by atoms with Crippen molar-refractivity contribution >= 4 is 22.8 Å². The predicted octanol–water partition coefficient (Wildman–Crippen LogP) is 3.91. The van der Waals surface area contributed by atoms with Crippen LogP contribution in [0.25, 0.3) is 11.0 Å². The minimum Gasteiger partial charge on any atom is -0.381 e. The average Bonchev–Trinajstić information content (AvgIpc) is 3.46. The van der Waals surface area contributed by atoms with Crippen LogP contribution >= 0.6 is 0 Å². The summed E-state index contributed by atoms with van der Waals surface area (Å²) in [6.45, 7) is 5.16. The number of H-pyrrole nitrogens is 1. The molecule has 7 heteroatoms. The number of hydrogen-bond donors (Lipinski definition) is 3. The molecule has 0 bridgehead atoms. The highest BCUT2D eigenvalue weighted by Gasteiger charge is 2.54. The molecule has 3 N–H and O–H groups in total. The lowest BCUT2D eigenvalue weighted by molar-refractivity contribution is -0.134. The first kappa shape index (κ1) is 24.2. The number of likely N-dealkylation sites (N-methyl/N-ethyl adjacent to an activating group) is 1. The van der Waals surface area contributed by atoms with Crippen molar-refractivity contribution in [2.45, 2.75) is 69.7 Å². The Labute approximate surface area is 217 Å². The lowest BCUT2D eigenvalue weighted by Gasteiger charge is -2.37. The zero-order valence-corrected chi connectivity index (χ0v) is 21.7. The maximum Gasteiger partial charge on any atom is 0.242 e. The molecule has 0 unspecified atom stereocenters. The van der Waals surface area contributed by atoms with Gasteiger partial charge in [0, 0.05) is 26.2 Å². The van der Waals surface area contributed by atoms with Gasteiger partial charge in [0.2, 0.25) is 11.8 Å². The molecule has 7 nitrogen and oxygen atoms in total. The molecule has 3 aromatic rings. The standard InChI is InChI=1S/C30H36N4O3/c1-3-31-27(35)19(2)32-28(36)30(12-14-37-15-13-30)21-8-9-24-25(16-21)34-26(33-24)17-23-22-7-5-4-6-20(22)18-29(23)10-11-29/h4-9,16,19,23H,3,10-15,17-18H2,1-2H3,(H,31,35)(H,32,36)(H,33,34)/t19-,23-/m1/s1. The fourth-order valence-corrected chi connectivity index (χ4v) is 6.62. The molecule has 6 rings (SSSR count). The van der Waals surface area contributed by atoms with E-state index in [2.05, 4.69) is 45.9 Å². The van der Waals surface area contributed by atoms with E-state index in [9.17, 15) is 9.59 Å². The first-order valence-corrected chi connectivity index (χ1v) is 13.7. The van der Waals surface area contributed by atoms with Crippen LogP contribution in [0.1, 0.15) is 68.0 Å². The first-order valence-electron chi connectivity index (χ1n) is 13.7. The third-order valence-electron chi connectivity index (χ3n) is 8.96. The lowest BCUT2D eigenvalue weighted by atomic mass is 9.73. The number of carbonyl (C=O) groups excluding carboxylic acids is 2. The quantitative estimate of drug-likeness (QED) is 0.458. The van der Waals surface area contributed by atoms with Crippen molar-refractivity contribution < 1.29 is 14.3 Å². The number of carbonyl (C=O) groups is 2. The van der Waals surface area contributed by atoms with Crippen molar-refractivity contribution in [2.75, 3.05) is 19.8 Å². The van der Waals surface area contributed by atoms with E-state index >= 15 is 0 Å². The average molecular weight is 501 g/mol. The van der Waals surface area contributed by atoms with E-state index in [0.717, 1.165) is 28.8 Å². The molecule has 3 aliphatic rings.